The molecule has 0 amide bonds. The maximum atomic E-state index is 9.32. The van der Waals surface area contributed by atoms with Crippen LogP contribution < -0.4 is 5.73 Å². The molecular weight excluding hydrogens is 264 g/mol. The molecule has 1 aromatic rings. The maximum absolute atomic E-state index is 9.32. The highest BCUT2D eigenvalue weighted by atomic mass is 16.5. The monoisotopic (exact) mass is 290 g/mol. The number of nitrogens with two attached hydrogens (primary N) is 1. The molecule has 0 bridgehead atoms. The molecule has 2 atom stereocenters. The Morgan fingerprint density at radius 1 is 1.48 bits per heavy atom. The Morgan fingerprint density at radius 3 is 2.76 bits per heavy atom. The second-order valence-corrected chi connectivity index (χ2v) is 5.70. The van der Waals surface area contributed by atoms with E-state index in [4.69, 9.17) is 10.5 Å². The minimum atomic E-state index is 0.0463. The van der Waals surface area contributed by atoms with E-state index < -0.39 is 0 Å². The predicted octanol–water partition coefficient (Wildman–Crippen LogP) is 2.19. The number of aliphatic hydroxyl groups excluding tert-OH is 1. The molecule has 116 valence electrons. The lowest BCUT2D eigenvalue weighted by molar-refractivity contribution is 0.0744. The molecule has 0 radical (unpaired) electrons. The Balaban J connectivity index is 0.000000225. The highest BCUT2D eigenvalue weighted by molar-refractivity contribution is 5.36. The molecule has 3 rings (SSSR count). The fourth-order valence-electron chi connectivity index (χ4n) is 2.95. The zero-order chi connectivity index (χ0) is 15.2. The topological polar surface area (TPSA) is 58.7 Å². The highest BCUT2D eigenvalue weighted by Gasteiger charge is 2.26. The van der Waals surface area contributed by atoms with Crippen LogP contribution >= 0.6 is 0 Å². The summed E-state index contributed by atoms with van der Waals surface area (Å²) in [6, 6.07) is 8.61. The van der Waals surface area contributed by atoms with Crippen molar-refractivity contribution in [2.75, 3.05) is 19.9 Å². The van der Waals surface area contributed by atoms with Crippen LogP contribution in [0.15, 0.2) is 36.4 Å². The van der Waals surface area contributed by atoms with Gasteiger partial charge in [-0.25, -0.2) is 0 Å². The Labute approximate surface area is 127 Å². The molecule has 2 aliphatic rings. The maximum Gasteiger partial charge on any atom is 0.105 e. The third-order valence-electron chi connectivity index (χ3n) is 4.00. The van der Waals surface area contributed by atoms with E-state index in [2.05, 4.69) is 35.7 Å². The van der Waals surface area contributed by atoms with Crippen molar-refractivity contribution in [3.05, 3.63) is 47.5 Å². The van der Waals surface area contributed by atoms with Crippen molar-refractivity contribution in [2.45, 2.75) is 38.5 Å². The summed E-state index contributed by atoms with van der Waals surface area (Å²) in [5, 5.41) is 9.32. The SMILES string of the molecule is C=C(C)[C@H]1c2ccccc2CCN1CO.N[C@H]1CCCO1. The summed E-state index contributed by atoms with van der Waals surface area (Å²) in [6.45, 7) is 7.92. The largest absolute Gasteiger partial charge is 0.381 e. The molecule has 0 aromatic heterocycles. The van der Waals surface area contributed by atoms with Crippen LogP contribution in [-0.2, 0) is 11.2 Å². The van der Waals surface area contributed by atoms with Gasteiger partial charge in [0.2, 0.25) is 0 Å². The fourth-order valence-corrected chi connectivity index (χ4v) is 2.95. The Kier molecular flexibility index (Phi) is 5.94. The van der Waals surface area contributed by atoms with Gasteiger partial charge < -0.3 is 15.6 Å². The molecule has 2 heterocycles. The summed E-state index contributed by atoms with van der Waals surface area (Å²) in [6.07, 6.45) is 3.24. The van der Waals surface area contributed by atoms with Crippen LogP contribution in [0.4, 0.5) is 0 Å². The van der Waals surface area contributed by atoms with Gasteiger partial charge in [0, 0.05) is 13.2 Å². The second-order valence-electron chi connectivity index (χ2n) is 5.70. The van der Waals surface area contributed by atoms with Crippen molar-refractivity contribution in [1.82, 2.24) is 4.90 Å². The molecule has 3 N–H and O–H groups in total. The molecule has 0 unspecified atom stereocenters. The lowest BCUT2D eigenvalue weighted by atomic mass is 9.89. The van der Waals surface area contributed by atoms with Crippen LogP contribution in [0, 0.1) is 0 Å². The van der Waals surface area contributed by atoms with Crippen molar-refractivity contribution in [1.29, 1.82) is 0 Å². The van der Waals surface area contributed by atoms with Gasteiger partial charge in [0.15, 0.2) is 0 Å². The van der Waals surface area contributed by atoms with Gasteiger partial charge in [-0.3, -0.25) is 4.90 Å². The standard InChI is InChI=1S/C13H17NO.C4H9NO/c1-10(2)13-12-6-4-3-5-11(12)7-8-14(13)9-15;5-4-2-1-3-6-4/h3-6,13,15H,1,7-9H2,2H3;4H,1-3,5H2/t13-;4-/m01/s1. The highest BCUT2D eigenvalue weighted by Crippen LogP contribution is 2.33. The van der Waals surface area contributed by atoms with E-state index in [1.807, 2.05) is 6.92 Å². The molecule has 0 aliphatic carbocycles. The quantitative estimate of drug-likeness (QED) is 0.820. The number of nitrogens with zero attached hydrogens (tertiary/aromatic N) is 1. The molecular formula is C17H26N2O2. The first kappa shape index (κ1) is 16.2. The summed E-state index contributed by atoms with van der Waals surface area (Å²) in [7, 11) is 0. The minimum Gasteiger partial charge on any atom is -0.381 e. The number of aliphatic hydroxyl groups is 1. The summed E-state index contributed by atoms with van der Waals surface area (Å²) in [5.41, 5.74) is 9.09. The number of fused-ring (bicyclic) bond motifs is 1. The van der Waals surface area contributed by atoms with E-state index in [0.717, 1.165) is 38.0 Å². The fraction of sp³-hybridized carbons (Fsp3) is 0.529. The number of hydrogen-bond donors (Lipinski definition) is 2. The molecule has 1 saturated heterocycles. The van der Waals surface area contributed by atoms with E-state index in [1.54, 1.807) is 0 Å². The molecule has 4 nitrogen and oxygen atoms in total. The second kappa shape index (κ2) is 7.71. The van der Waals surface area contributed by atoms with Gasteiger partial charge in [-0.2, -0.15) is 0 Å². The van der Waals surface area contributed by atoms with Gasteiger partial charge in [0.1, 0.15) is 6.23 Å². The number of rotatable bonds is 2. The molecule has 0 saturated carbocycles. The van der Waals surface area contributed by atoms with Crippen LogP contribution in [0.5, 0.6) is 0 Å². The summed E-state index contributed by atoms with van der Waals surface area (Å²) in [4.78, 5) is 2.06. The van der Waals surface area contributed by atoms with E-state index in [1.165, 1.54) is 11.1 Å². The molecule has 0 spiro atoms. The van der Waals surface area contributed by atoms with Crippen molar-refractivity contribution >= 4 is 0 Å². The summed E-state index contributed by atoms with van der Waals surface area (Å²) in [5.74, 6) is 0. The van der Waals surface area contributed by atoms with Gasteiger partial charge >= 0.3 is 0 Å². The number of hydrogen-bond acceptors (Lipinski definition) is 4. The summed E-state index contributed by atoms with van der Waals surface area (Å²) < 4.78 is 4.93. The third-order valence-corrected chi connectivity index (χ3v) is 4.00. The van der Waals surface area contributed by atoms with Crippen LogP contribution in [-0.4, -0.2) is 36.1 Å². The predicted molar refractivity (Wildman–Crippen MR) is 84.7 cm³/mol. The van der Waals surface area contributed by atoms with Crippen molar-refractivity contribution in [2.24, 2.45) is 5.73 Å². The van der Waals surface area contributed by atoms with Gasteiger partial charge in [-0.05, 0) is 37.3 Å². The van der Waals surface area contributed by atoms with E-state index in [0.29, 0.717) is 0 Å². The lowest BCUT2D eigenvalue weighted by Crippen LogP contribution is -2.36. The first-order chi connectivity index (χ1) is 10.1. The summed E-state index contributed by atoms with van der Waals surface area (Å²) >= 11 is 0. The van der Waals surface area contributed by atoms with Crippen molar-refractivity contribution in [3.8, 4) is 0 Å². The number of ether oxygens (including phenoxy) is 1. The first-order valence-electron chi connectivity index (χ1n) is 7.58. The van der Waals surface area contributed by atoms with E-state index >= 15 is 0 Å². The minimum absolute atomic E-state index is 0.0463. The zero-order valence-electron chi connectivity index (χ0n) is 12.8. The normalized spacial score (nSPS) is 24.9. The molecule has 4 heteroatoms. The molecule has 2 aliphatic heterocycles. The molecule has 1 fully saturated rings. The third kappa shape index (κ3) is 4.14. The van der Waals surface area contributed by atoms with Crippen LogP contribution in [0.1, 0.15) is 36.9 Å². The Bertz CT molecular complexity index is 470. The Hall–Kier alpha value is -1.20. The average molecular weight is 290 g/mol. The lowest BCUT2D eigenvalue weighted by Gasteiger charge is -2.36. The van der Waals surface area contributed by atoms with Crippen LogP contribution in [0.2, 0.25) is 0 Å². The van der Waals surface area contributed by atoms with Gasteiger partial charge in [-0.1, -0.05) is 36.4 Å². The van der Waals surface area contributed by atoms with Gasteiger partial charge in [0.25, 0.3) is 0 Å². The molecule has 1 aromatic carbocycles. The smallest absolute Gasteiger partial charge is 0.105 e. The first-order valence-corrected chi connectivity index (χ1v) is 7.58. The average Bonchev–Trinajstić information content (AvgIpc) is 2.97. The van der Waals surface area contributed by atoms with Crippen LogP contribution in [0.3, 0.4) is 0 Å². The zero-order valence-corrected chi connectivity index (χ0v) is 12.8. The Morgan fingerprint density at radius 2 is 2.24 bits per heavy atom. The van der Waals surface area contributed by atoms with Gasteiger partial charge in [-0.15, -0.1) is 0 Å². The van der Waals surface area contributed by atoms with Crippen molar-refractivity contribution in [3.63, 3.8) is 0 Å². The molecule has 21 heavy (non-hydrogen) atoms. The van der Waals surface area contributed by atoms with E-state index in [9.17, 15) is 5.11 Å². The number of benzene rings is 1. The van der Waals surface area contributed by atoms with Crippen LogP contribution in [0.25, 0.3) is 0 Å². The van der Waals surface area contributed by atoms with Crippen molar-refractivity contribution < 1.29 is 9.84 Å². The van der Waals surface area contributed by atoms with E-state index in [-0.39, 0.29) is 19.0 Å². The van der Waals surface area contributed by atoms with Gasteiger partial charge in [0.05, 0.1) is 12.8 Å².